The van der Waals surface area contributed by atoms with Gasteiger partial charge < -0.3 is 10.2 Å². The molecular formula is C16H22F2N2O. The Kier molecular flexibility index (Phi) is 5.28. The van der Waals surface area contributed by atoms with Crippen LogP contribution in [0.1, 0.15) is 37.8 Å². The number of rotatable bonds is 4. The zero-order chi connectivity index (χ0) is 15.4. The molecule has 3 nitrogen and oxygen atoms in total. The molecule has 1 aromatic carbocycles. The van der Waals surface area contributed by atoms with Gasteiger partial charge in [-0.05, 0) is 57.0 Å². The summed E-state index contributed by atoms with van der Waals surface area (Å²) in [5.41, 5.74) is 0.219. The Balaban J connectivity index is 2.02. The Morgan fingerprint density at radius 2 is 2.05 bits per heavy atom. The average Bonchev–Trinajstić information content (AvgIpc) is 2.49. The largest absolute Gasteiger partial charge is 0.339 e. The van der Waals surface area contributed by atoms with Gasteiger partial charge in [0.1, 0.15) is 11.6 Å². The fourth-order valence-corrected chi connectivity index (χ4v) is 2.74. The van der Waals surface area contributed by atoms with Crippen LogP contribution in [0.25, 0.3) is 0 Å². The molecule has 21 heavy (non-hydrogen) atoms. The van der Waals surface area contributed by atoms with E-state index in [0.29, 0.717) is 12.3 Å². The van der Waals surface area contributed by atoms with Gasteiger partial charge in [0.05, 0.1) is 6.04 Å². The second kappa shape index (κ2) is 6.98. The Morgan fingerprint density at radius 1 is 1.38 bits per heavy atom. The molecule has 116 valence electrons. The smallest absolute Gasteiger partial charge is 0.223 e. The van der Waals surface area contributed by atoms with Crippen LogP contribution < -0.4 is 5.32 Å². The highest BCUT2D eigenvalue weighted by atomic mass is 19.1. The lowest BCUT2D eigenvalue weighted by atomic mass is 9.93. The van der Waals surface area contributed by atoms with Crippen LogP contribution in [-0.4, -0.2) is 30.9 Å². The van der Waals surface area contributed by atoms with Crippen LogP contribution in [-0.2, 0) is 4.79 Å². The molecule has 0 bridgehead atoms. The minimum atomic E-state index is -0.488. The number of hydrogen-bond acceptors (Lipinski definition) is 2. The molecule has 1 aromatic rings. The van der Waals surface area contributed by atoms with Crippen molar-refractivity contribution in [1.29, 1.82) is 0 Å². The molecule has 1 aliphatic heterocycles. The monoisotopic (exact) mass is 296 g/mol. The number of nitrogens with zero attached hydrogens (tertiary/aromatic N) is 1. The van der Waals surface area contributed by atoms with E-state index in [4.69, 9.17) is 0 Å². The highest BCUT2D eigenvalue weighted by Crippen LogP contribution is 2.25. The summed E-state index contributed by atoms with van der Waals surface area (Å²) in [7, 11) is 1.65. The Bertz CT molecular complexity index is 501. The maximum absolute atomic E-state index is 13.8. The number of halogens is 2. The molecule has 1 fully saturated rings. The number of hydrogen-bond donors (Lipinski definition) is 1. The first-order valence-electron chi connectivity index (χ1n) is 7.40. The van der Waals surface area contributed by atoms with Gasteiger partial charge in [0.25, 0.3) is 0 Å². The van der Waals surface area contributed by atoms with E-state index in [1.54, 1.807) is 14.0 Å². The zero-order valence-electron chi connectivity index (χ0n) is 12.5. The highest BCUT2D eigenvalue weighted by Gasteiger charge is 2.24. The molecule has 1 aliphatic rings. The molecule has 5 heteroatoms. The van der Waals surface area contributed by atoms with Gasteiger partial charge in [-0.25, -0.2) is 8.78 Å². The summed E-state index contributed by atoms with van der Waals surface area (Å²) in [6, 6.07) is 2.87. The second-order valence-electron chi connectivity index (χ2n) is 5.74. The highest BCUT2D eigenvalue weighted by molar-refractivity contribution is 5.76. The topological polar surface area (TPSA) is 32.3 Å². The summed E-state index contributed by atoms with van der Waals surface area (Å²) >= 11 is 0. The fraction of sp³-hybridized carbons (Fsp3) is 0.562. The lowest BCUT2D eigenvalue weighted by molar-refractivity contribution is -0.133. The van der Waals surface area contributed by atoms with Crippen molar-refractivity contribution < 1.29 is 13.6 Å². The Labute approximate surface area is 124 Å². The van der Waals surface area contributed by atoms with E-state index >= 15 is 0 Å². The van der Waals surface area contributed by atoms with Crippen LogP contribution in [0.2, 0.25) is 0 Å². The second-order valence-corrected chi connectivity index (χ2v) is 5.74. The molecule has 1 N–H and O–H groups in total. The number of carbonyl (C=O) groups excluding carboxylic acids is 1. The van der Waals surface area contributed by atoms with Gasteiger partial charge in [-0.2, -0.15) is 0 Å². The summed E-state index contributed by atoms with van der Waals surface area (Å²) in [5, 5.41) is 3.26. The first-order valence-corrected chi connectivity index (χ1v) is 7.40. The molecule has 2 rings (SSSR count). The van der Waals surface area contributed by atoms with Gasteiger partial charge in [-0.1, -0.05) is 0 Å². The molecule has 0 unspecified atom stereocenters. The third kappa shape index (κ3) is 4.00. The summed E-state index contributed by atoms with van der Waals surface area (Å²) in [6.45, 7) is 3.60. The lowest BCUT2D eigenvalue weighted by Gasteiger charge is -2.29. The average molecular weight is 296 g/mol. The van der Waals surface area contributed by atoms with E-state index in [9.17, 15) is 13.6 Å². The van der Waals surface area contributed by atoms with Gasteiger partial charge in [0, 0.05) is 19.0 Å². The van der Waals surface area contributed by atoms with E-state index in [2.05, 4.69) is 5.32 Å². The van der Waals surface area contributed by atoms with E-state index in [1.807, 2.05) is 0 Å². The van der Waals surface area contributed by atoms with Crippen molar-refractivity contribution in [2.24, 2.45) is 5.92 Å². The predicted molar refractivity (Wildman–Crippen MR) is 77.8 cm³/mol. The van der Waals surface area contributed by atoms with E-state index < -0.39 is 17.7 Å². The maximum Gasteiger partial charge on any atom is 0.223 e. The molecule has 1 heterocycles. The van der Waals surface area contributed by atoms with Crippen molar-refractivity contribution in [3.05, 3.63) is 35.4 Å². The Hall–Kier alpha value is -1.49. The lowest BCUT2D eigenvalue weighted by Crippen LogP contribution is -2.34. The number of piperidine rings is 1. The predicted octanol–water partition coefficient (Wildman–Crippen LogP) is 2.87. The van der Waals surface area contributed by atoms with E-state index in [0.717, 1.165) is 44.1 Å². The summed E-state index contributed by atoms with van der Waals surface area (Å²) in [6.07, 6.45) is 2.45. The number of carbonyl (C=O) groups is 1. The van der Waals surface area contributed by atoms with Crippen LogP contribution in [0, 0.1) is 17.6 Å². The van der Waals surface area contributed by atoms with E-state index in [-0.39, 0.29) is 11.5 Å². The van der Waals surface area contributed by atoms with Gasteiger partial charge >= 0.3 is 0 Å². The molecule has 0 spiro atoms. The summed E-state index contributed by atoms with van der Waals surface area (Å²) in [4.78, 5) is 13.8. The number of nitrogens with one attached hydrogen (secondary N) is 1. The minimum absolute atomic E-state index is 0.0157. The quantitative estimate of drug-likeness (QED) is 0.926. The van der Waals surface area contributed by atoms with Crippen molar-refractivity contribution in [3.8, 4) is 0 Å². The molecule has 0 radical (unpaired) electrons. The van der Waals surface area contributed by atoms with Gasteiger partial charge in [-0.3, -0.25) is 4.79 Å². The molecule has 1 amide bonds. The van der Waals surface area contributed by atoms with Crippen LogP contribution in [0.3, 0.4) is 0 Å². The SMILES string of the molecule is C[C@@H](c1cc(F)ccc1F)N(C)C(=O)CC1CCNCC1. The molecule has 0 saturated carbocycles. The van der Waals surface area contributed by atoms with Crippen molar-refractivity contribution in [3.63, 3.8) is 0 Å². The first kappa shape index (κ1) is 15.9. The summed E-state index contributed by atoms with van der Waals surface area (Å²) < 4.78 is 27.1. The standard InChI is InChI=1S/C16H22F2N2O/c1-11(14-10-13(17)3-4-15(14)18)20(2)16(21)9-12-5-7-19-8-6-12/h3-4,10-12,19H,5-9H2,1-2H3/t11-/m0/s1. The third-order valence-corrected chi connectivity index (χ3v) is 4.30. The zero-order valence-corrected chi connectivity index (χ0v) is 12.5. The van der Waals surface area contributed by atoms with Crippen molar-refractivity contribution in [2.45, 2.75) is 32.2 Å². The number of amides is 1. The van der Waals surface area contributed by atoms with Crippen molar-refractivity contribution in [2.75, 3.05) is 20.1 Å². The molecule has 1 saturated heterocycles. The Morgan fingerprint density at radius 3 is 2.71 bits per heavy atom. The number of benzene rings is 1. The maximum atomic E-state index is 13.8. The normalized spacial score (nSPS) is 17.5. The molecular weight excluding hydrogens is 274 g/mol. The fourth-order valence-electron chi connectivity index (χ4n) is 2.74. The van der Waals surface area contributed by atoms with Gasteiger partial charge in [-0.15, -0.1) is 0 Å². The van der Waals surface area contributed by atoms with Crippen molar-refractivity contribution in [1.82, 2.24) is 10.2 Å². The van der Waals surface area contributed by atoms with Crippen molar-refractivity contribution >= 4 is 5.91 Å². The van der Waals surface area contributed by atoms with Crippen LogP contribution in [0.5, 0.6) is 0 Å². The van der Waals surface area contributed by atoms with Gasteiger partial charge in [0.2, 0.25) is 5.91 Å². The van der Waals surface area contributed by atoms with Crippen LogP contribution in [0.4, 0.5) is 8.78 Å². The van der Waals surface area contributed by atoms with Crippen LogP contribution >= 0.6 is 0 Å². The van der Waals surface area contributed by atoms with Crippen LogP contribution in [0.15, 0.2) is 18.2 Å². The summed E-state index contributed by atoms with van der Waals surface area (Å²) in [5.74, 6) is -0.605. The molecule has 0 aliphatic carbocycles. The molecule has 1 atom stereocenters. The first-order chi connectivity index (χ1) is 9.99. The minimum Gasteiger partial charge on any atom is -0.339 e. The van der Waals surface area contributed by atoms with E-state index in [1.165, 1.54) is 4.90 Å². The third-order valence-electron chi connectivity index (χ3n) is 4.30. The van der Waals surface area contributed by atoms with Gasteiger partial charge in [0.15, 0.2) is 0 Å². The molecule has 0 aromatic heterocycles.